The van der Waals surface area contributed by atoms with E-state index >= 15 is 0 Å². The molecule has 176 valence electrons. The van der Waals surface area contributed by atoms with E-state index in [2.05, 4.69) is 16.4 Å². The van der Waals surface area contributed by atoms with Crippen LogP contribution >= 0.6 is 0 Å². The Balaban J connectivity index is 1.57. The molecular formula is C29H27N3O3. The van der Waals surface area contributed by atoms with Crippen molar-refractivity contribution in [2.45, 2.75) is 40.2 Å². The predicted molar refractivity (Wildman–Crippen MR) is 137 cm³/mol. The Morgan fingerprint density at radius 1 is 1.09 bits per heavy atom. The lowest BCUT2D eigenvalue weighted by atomic mass is 9.79. The second-order valence-corrected chi connectivity index (χ2v) is 9.27. The number of aromatic carboxylic acids is 1. The summed E-state index contributed by atoms with van der Waals surface area (Å²) in [6.45, 7) is 7.85. The molecule has 0 spiro atoms. The van der Waals surface area contributed by atoms with Crippen LogP contribution in [-0.2, 0) is 6.42 Å². The zero-order chi connectivity index (χ0) is 24.9. The number of carbonyl (C=O) groups is 2. The third-order valence-electron chi connectivity index (χ3n) is 6.74. The zero-order valence-electron chi connectivity index (χ0n) is 20.2. The first-order valence-electron chi connectivity index (χ1n) is 11.7. The van der Waals surface area contributed by atoms with Crippen molar-refractivity contribution in [3.05, 3.63) is 106 Å². The maximum atomic E-state index is 13.5. The number of hydrogen-bond donors (Lipinski definition) is 2. The van der Waals surface area contributed by atoms with Crippen molar-refractivity contribution in [3.8, 4) is 0 Å². The summed E-state index contributed by atoms with van der Waals surface area (Å²) >= 11 is 0. The molecule has 0 radical (unpaired) electrons. The topological polar surface area (TPSA) is 83.7 Å². The molecule has 0 saturated heterocycles. The number of carboxylic acid groups (broad SMARTS) is 1. The average molecular weight is 466 g/mol. The first kappa shape index (κ1) is 22.6. The molecule has 0 fully saturated rings. The minimum atomic E-state index is -0.979. The molecule has 4 aromatic rings. The molecule has 2 aromatic heterocycles. The summed E-state index contributed by atoms with van der Waals surface area (Å²) in [5.41, 5.74) is 9.04. The van der Waals surface area contributed by atoms with Gasteiger partial charge in [-0.25, -0.2) is 9.78 Å². The number of fused-ring (bicyclic) bond motifs is 2. The molecule has 2 aromatic carbocycles. The average Bonchev–Trinajstić information content (AvgIpc) is 3.20. The van der Waals surface area contributed by atoms with Gasteiger partial charge in [0.05, 0.1) is 11.3 Å². The molecule has 6 heteroatoms. The maximum absolute atomic E-state index is 13.5. The van der Waals surface area contributed by atoms with Crippen molar-refractivity contribution in [2.75, 3.05) is 5.32 Å². The highest BCUT2D eigenvalue weighted by Gasteiger charge is 2.28. The van der Waals surface area contributed by atoms with Crippen molar-refractivity contribution in [1.29, 1.82) is 0 Å². The van der Waals surface area contributed by atoms with E-state index in [9.17, 15) is 14.7 Å². The SMILES string of the molecule is CC1=C(c2ccc3nc(C)cn3c2)Cc2c(cc(C)cc2C(C)Nc2ccccc2C(=O)O)C1=O. The first-order valence-corrected chi connectivity index (χ1v) is 11.7. The van der Waals surface area contributed by atoms with Gasteiger partial charge in [0.15, 0.2) is 5.78 Å². The normalized spacial score (nSPS) is 14.2. The van der Waals surface area contributed by atoms with Gasteiger partial charge in [-0.15, -0.1) is 0 Å². The van der Waals surface area contributed by atoms with Crippen LogP contribution in [0.3, 0.4) is 0 Å². The molecule has 35 heavy (non-hydrogen) atoms. The molecule has 1 aliphatic rings. The summed E-state index contributed by atoms with van der Waals surface area (Å²) in [6.07, 6.45) is 4.63. The number of carboxylic acids is 1. The summed E-state index contributed by atoms with van der Waals surface area (Å²) in [5.74, 6) is -0.945. The highest BCUT2D eigenvalue weighted by molar-refractivity contribution is 6.16. The first-order chi connectivity index (χ1) is 16.7. The lowest BCUT2D eigenvalue weighted by Gasteiger charge is -2.27. The number of aromatic nitrogens is 2. The molecule has 2 N–H and O–H groups in total. The third kappa shape index (κ3) is 4.01. The lowest BCUT2D eigenvalue weighted by Crippen LogP contribution is -2.20. The molecule has 0 bridgehead atoms. The van der Waals surface area contributed by atoms with Crippen LogP contribution in [0.15, 0.2) is 66.5 Å². The largest absolute Gasteiger partial charge is 0.478 e. The van der Waals surface area contributed by atoms with E-state index < -0.39 is 5.97 Å². The minimum Gasteiger partial charge on any atom is -0.478 e. The molecule has 0 amide bonds. The van der Waals surface area contributed by atoms with Crippen molar-refractivity contribution >= 4 is 28.7 Å². The Labute approximate surface area is 204 Å². The maximum Gasteiger partial charge on any atom is 0.337 e. The van der Waals surface area contributed by atoms with E-state index in [0.29, 0.717) is 12.1 Å². The van der Waals surface area contributed by atoms with Crippen molar-refractivity contribution in [3.63, 3.8) is 0 Å². The number of aryl methyl sites for hydroxylation is 2. The summed E-state index contributed by atoms with van der Waals surface area (Å²) in [6, 6.07) is 14.7. The summed E-state index contributed by atoms with van der Waals surface area (Å²) in [5, 5.41) is 13.0. The van der Waals surface area contributed by atoms with Gasteiger partial charge in [-0.1, -0.05) is 23.8 Å². The third-order valence-corrected chi connectivity index (χ3v) is 6.74. The van der Waals surface area contributed by atoms with Crippen molar-refractivity contribution in [2.24, 2.45) is 0 Å². The second kappa shape index (κ2) is 8.55. The molecule has 0 saturated carbocycles. The number of nitrogens with one attached hydrogen (secondary N) is 1. The fraction of sp³-hybridized carbons (Fsp3) is 0.207. The number of imidazole rings is 1. The van der Waals surface area contributed by atoms with E-state index in [-0.39, 0.29) is 17.4 Å². The van der Waals surface area contributed by atoms with Crippen LogP contribution in [0.4, 0.5) is 5.69 Å². The van der Waals surface area contributed by atoms with E-state index in [1.165, 1.54) is 0 Å². The van der Waals surface area contributed by atoms with Crippen LogP contribution in [0, 0.1) is 13.8 Å². The van der Waals surface area contributed by atoms with Crippen LogP contribution in [0.2, 0.25) is 0 Å². The monoisotopic (exact) mass is 465 g/mol. The number of Topliss-reactive ketones (excluding diaryl/α,β-unsaturated/α-hetero) is 1. The van der Waals surface area contributed by atoms with Gasteiger partial charge in [-0.3, -0.25) is 4.79 Å². The Morgan fingerprint density at radius 2 is 1.86 bits per heavy atom. The predicted octanol–water partition coefficient (Wildman–Crippen LogP) is 6.03. The molecular weight excluding hydrogens is 438 g/mol. The van der Waals surface area contributed by atoms with Crippen molar-refractivity contribution in [1.82, 2.24) is 9.38 Å². The van der Waals surface area contributed by atoms with Crippen LogP contribution in [0.25, 0.3) is 11.2 Å². The fourth-order valence-electron chi connectivity index (χ4n) is 5.00. The molecule has 2 heterocycles. The molecule has 1 atom stereocenters. The lowest BCUT2D eigenvalue weighted by molar-refractivity contribution is 0.0697. The highest BCUT2D eigenvalue weighted by atomic mass is 16.4. The molecule has 0 aliphatic heterocycles. The molecule has 1 unspecified atom stereocenters. The Kier molecular flexibility index (Phi) is 5.52. The Hall–Kier alpha value is -4.19. The number of pyridine rings is 1. The van der Waals surface area contributed by atoms with Gasteiger partial charge in [0.25, 0.3) is 0 Å². The van der Waals surface area contributed by atoms with E-state index in [1.807, 2.05) is 68.8 Å². The number of para-hydroxylation sites is 1. The van der Waals surface area contributed by atoms with Gasteiger partial charge < -0.3 is 14.8 Å². The number of anilines is 1. The van der Waals surface area contributed by atoms with Gasteiger partial charge in [0.1, 0.15) is 5.65 Å². The number of ketones is 1. The highest BCUT2D eigenvalue weighted by Crippen LogP contribution is 2.37. The summed E-state index contributed by atoms with van der Waals surface area (Å²) in [4.78, 5) is 29.7. The van der Waals surface area contributed by atoms with Gasteiger partial charge in [0.2, 0.25) is 0 Å². The van der Waals surface area contributed by atoms with Crippen molar-refractivity contribution < 1.29 is 14.7 Å². The summed E-state index contributed by atoms with van der Waals surface area (Å²) < 4.78 is 1.99. The standard InChI is InChI=1S/C29H27N3O3/c1-16-11-23(19(4)31-26-8-6-5-7-21(26)29(34)35)24-13-22(18(3)28(33)25(24)12-16)20-9-10-27-30-17(2)14-32(27)15-20/h5-12,14-15,19,31H,13H2,1-4H3,(H,34,35). The van der Waals surface area contributed by atoms with Crippen LogP contribution in [0.5, 0.6) is 0 Å². The quantitative estimate of drug-likeness (QED) is 0.376. The van der Waals surface area contributed by atoms with E-state index in [1.54, 1.807) is 18.2 Å². The van der Waals surface area contributed by atoms with Gasteiger partial charge in [-0.05, 0) is 86.7 Å². The van der Waals surface area contributed by atoms with Gasteiger partial charge >= 0.3 is 5.97 Å². The smallest absolute Gasteiger partial charge is 0.337 e. The molecule has 5 rings (SSSR count). The summed E-state index contributed by atoms with van der Waals surface area (Å²) in [7, 11) is 0. The number of rotatable bonds is 5. The zero-order valence-corrected chi connectivity index (χ0v) is 20.2. The molecule has 1 aliphatic carbocycles. The number of benzene rings is 2. The molecule has 6 nitrogen and oxygen atoms in total. The Morgan fingerprint density at radius 3 is 2.63 bits per heavy atom. The minimum absolute atomic E-state index is 0.0336. The number of allylic oxidation sites excluding steroid dienone is 2. The number of carbonyl (C=O) groups excluding carboxylic acids is 1. The van der Waals surface area contributed by atoms with E-state index in [0.717, 1.165) is 50.3 Å². The fourth-order valence-corrected chi connectivity index (χ4v) is 5.00. The van der Waals surface area contributed by atoms with E-state index in [4.69, 9.17) is 0 Å². The van der Waals surface area contributed by atoms with Crippen LogP contribution in [0.1, 0.15) is 68.6 Å². The van der Waals surface area contributed by atoms with Crippen LogP contribution in [-0.4, -0.2) is 26.2 Å². The van der Waals surface area contributed by atoms with Crippen LogP contribution < -0.4 is 5.32 Å². The number of nitrogens with zero attached hydrogens (tertiary/aromatic N) is 2. The van der Waals surface area contributed by atoms with Gasteiger partial charge in [-0.2, -0.15) is 0 Å². The Bertz CT molecular complexity index is 1540. The second-order valence-electron chi connectivity index (χ2n) is 9.27. The number of hydrogen-bond acceptors (Lipinski definition) is 4. The van der Waals surface area contributed by atoms with Gasteiger partial charge in [0, 0.05) is 35.3 Å².